The Morgan fingerprint density at radius 2 is 1.12 bits per heavy atom. The molecule has 0 fully saturated rings. The van der Waals surface area contributed by atoms with Crippen molar-refractivity contribution in [2.24, 2.45) is 11.3 Å². The first kappa shape index (κ1) is 11.5. The second-order valence-electron chi connectivity index (χ2n) is 3.52. The van der Waals surface area contributed by atoms with Gasteiger partial charge in [0, 0.05) is 21.1 Å². The van der Waals surface area contributed by atoms with Crippen molar-refractivity contribution >= 4 is 0 Å². The van der Waals surface area contributed by atoms with Gasteiger partial charge in [0.05, 0.1) is 0 Å². The quantitative estimate of drug-likeness (QED) is 0.641. The Kier molecular flexibility index (Phi) is 5.26. The molecule has 1 heteroatoms. The van der Waals surface area contributed by atoms with Crippen molar-refractivity contribution in [2.75, 3.05) is 0 Å². The molecule has 50 valence electrons. The van der Waals surface area contributed by atoms with E-state index in [0.717, 1.165) is 5.92 Å². The van der Waals surface area contributed by atoms with Crippen molar-refractivity contribution in [3.8, 4) is 0 Å². The predicted molar refractivity (Wildman–Crippen MR) is 34.3 cm³/mol. The van der Waals surface area contributed by atoms with Gasteiger partial charge in [0.25, 0.3) is 0 Å². The van der Waals surface area contributed by atoms with Crippen molar-refractivity contribution in [1.82, 2.24) is 0 Å². The zero-order valence-electron chi connectivity index (χ0n) is 6.49. The summed E-state index contributed by atoms with van der Waals surface area (Å²) >= 11 is 0. The van der Waals surface area contributed by atoms with Crippen LogP contribution in [-0.4, -0.2) is 0 Å². The Morgan fingerprint density at radius 1 is 1.00 bits per heavy atom. The van der Waals surface area contributed by atoms with E-state index in [0.29, 0.717) is 5.41 Å². The van der Waals surface area contributed by atoms with Gasteiger partial charge in [-0.3, -0.25) is 0 Å². The molecule has 0 N–H and O–H groups in total. The fourth-order valence-corrected chi connectivity index (χ4v) is 0. The van der Waals surface area contributed by atoms with Crippen molar-refractivity contribution < 1.29 is 21.1 Å². The Bertz CT molecular complexity index is 49.9. The molecule has 0 aliphatic heterocycles. The van der Waals surface area contributed by atoms with Gasteiger partial charge in [-0.15, -0.1) is 0 Å². The molecule has 0 amide bonds. The SMILES string of the molecule is CC(C)C(C)(C)C.[W]. The van der Waals surface area contributed by atoms with Crippen LogP contribution in [0.3, 0.4) is 0 Å². The van der Waals surface area contributed by atoms with Crippen LogP contribution in [0.4, 0.5) is 0 Å². The number of rotatable bonds is 0. The molecule has 0 saturated heterocycles. The van der Waals surface area contributed by atoms with Crippen molar-refractivity contribution in [3.05, 3.63) is 0 Å². The number of hydrogen-bond donors (Lipinski definition) is 0. The van der Waals surface area contributed by atoms with Crippen LogP contribution in [0, 0.1) is 11.3 Å². The summed E-state index contributed by atoms with van der Waals surface area (Å²) in [5, 5.41) is 0. The summed E-state index contributed by atoms with van der Waals surface area (Å²) in [6, 6.07) is 0. The minimum atomic E-state index is 0. The first-order valence-corrected chi connectivity index (χ1v) is 2.94. The first-order valence-electron chi connectivity index (χ1n) is 2.94. The third kappa shape index (κ3) is 4.84. The fraction of sp³-hybridized carbons (Fsp3) is 1.00. The molecule has 0 rings (SSSR count). The third-order valence-corrected chi connectivity index (χ3v) is 1.73. The Hall–Kier alpha value is 0.688. The van der Waals surface area contributed by atoms with Gasteiger partial charge in [0.15, 0.2) is 0 Å². The van der Waals surface area contributed by atoms with Crippen LogP contribution >= 0.6 is 0 Å². The van der Waals surface area contributed by atoms with E-state index in [1.807, 2.05) is 0 Å². The van der Waals surface area contributed by atoms with Gasteiger partial charge in [-0.05, 0) is 11.3 Å². The monoisotopic (exact) mass is 284 g/mol. The Labute approximate surface area is 67.3 Å². The summed E-state index contributed by atoms with van der Waals surface area (Å²) < 4.78 is 0. The van der Waals surface area contributed by atoms with Crippen molar-refractivity contribution in [2.45, 2.75) is 34.6 Å². The zero-order chi connectivity index (χ0) is 6.08. The molecule has 0 nitrogen and oxygen atoms in total. The average Bonchev–Trinajstić information content (AvgIpc) is 1.31. The molecule has 0 saturated carbocycles. The normalized spacial score (nSPS) is 11.2. The Morgan fingerprint density at radius 3 is 1.12 bits per heavy atom. The topological polar surface area (TPSA) is 0 Å². The van der Waals surface area contributed by atoms with E-state index in [9.17, 15) is 0 Å². The molecule has 0 aromatic carbocycles. The molecule has 0 aliphatic rings. The maximum absolute atomic E-state index is 2.26. The van der Waals surface area contributed by atoms with Crippen LogP contribution in [0.5, 0.6) is 0 Å². The summed E-state index contributed by atoms with van der Waals surface area (Å²) in [6.07, 6.45) is 0. The van der Waals surface area contributed by atoms with Crippen LogP contribution in [0.15, 0.2) is 0 Å². The number of hydrogen-bond acceptors (Lipinski definition) is 0. The minimum Gasteiger partial charge on any atom is -0.0623 e. The molecule has 0 atom stereocenters. The van der Waals surface area contributed by atoms with E-state index in [1.54, 1.807) is 0 Å². The minimum absolute atomic E-state index is 0. The van der Waals surface area contributed by atoms with Gasteiger partial charge in [-0.2, -0.15) is 0 Å². The summed E-state index contributed by atoms with van der Waals surface area (Å²) in [6.45, 7) is 11.3. The molecule has 0 aliphatic carbocycles. The van der Waals surface area contributed by atoms with Crippen molar-refractivity contribution in [1.29, 1.82) is 0 Å². The van der Waals surface area contributed by atoms with Crippen LogP contribution in [0.25, 0.3) is 0 Å². The second kappa shape index (κ2) is 3.66. The maximum atomic E-state index is 2.26. The van der Waals surface area contributed by atoms with E-state index >= 15 is 0 Å². The van der Waals surface area contributed by atoms with Crippen LogP contribution in [0.2, 0.25) is 0 Å². The van der Waals surface area contributed by atoms with Gasteiger partial charge in [-0.1, -0.05) is 34.6 Å². The molecule has 0 heterocycles. The largest absolute Gasteiger partial charge is 0.0623 e. The molecule has 0 bridgehead atoms. The predicted octanol–water partition coefficient (Wildman–Crippen LogP) is 2.69. The van der Waals surface area contributed by atoms with Gasteiger partial charge in [0.1, 0.15) is 0 Å². The fourth-order valence-electron chi connectivity index (χ4n) is 0. The summed E-state index contributed by atoms with van der Waals surface area (Å²) in [4.78, 5) is 0. The van der Waals surface area contributed by atoms with Gasteiger partial charge < -0.3 is 0 Å². The summed E-state index contributed by atoms with van der Waals surface area (Å²) in [5.41, 5.74) is 0.500. The molecule has 0 radical (unpaired) electrons. The standard InChI is InChI=1S/C7H16.W/c1-6(2)7(3,4)5;/h6H,1-5H3;. The summed E-state index contributed by atoms with van der Waals surface area (Å²) in [5.74, 6) is 0.799. The van der Waals surface area contributed by atoms with Gasteiger partial charge >= 0.3 is 0 Å². The smallest absolute Gasteiger partial charge is 0 e. The van der Waals surface area contributed by atoms with E-state index in [4.69, 9.17) is 0 Å². The van der Waals surface area contributed by atoms with Crippen LogP contribution in [0.1, 0.15) is 34.6 Å². The molecule has 8 heavy (non-hydrogen) atoms. The molecular weight excluding hydrogens is 268 g/mol. The molecule has 0 aromatic heterocycles. The van der Waals surface area contributed by atoms with Gasteiger partial charge in [0.2, 0.25) is 0 Å². The summed E-state index contributed by atoms with van der Waals surface area (Å²) in [7, 11) is 0. The maximum Gasteiger partial charge on any atom is 0 e. The molecular formula is C7H16W. The average molecular weight is 284 g/mol. The van der Waals surface area contributed by atoms with Gasteiger partial charge in [-0.25, -0.2) is 0 Å². The van der Waals surface area contributed by atoms with E-state index in [2.05, 4.69) is 34.6 Å². The second-order valence-corrected chi connectivity index (χ2v) is 3.52. The zero-order valence-corrected chi connectivity index (χ0v) is 9.42. The van der Waals surface area contributed by atoms with Crippen LogP contribution in [-0.2, 0) is 21.1 Å². The molecule has 0 unspecified atom stereocenters. The van der Waals surface area contributed by atoms with E-state index < -0.39 is 0 Å². The third-order valence-electron chi connectivity index (χ3n) is 1.73. The first-order chi connectivity index (χ1) is 2.94. The van der Waals surface area contributed by atoms with E-state index in [1.165, 1.54) is 0 Å². The Balaban J connectivity index is 0. The molecule has 0 spiro atoms. The molecule has 0 aromatic rings. The van der Waals surface area contributed by atoms with E-state index in [-0.39, 0.29) is 21.1 Å². The van der Waals surface area contributed by atoms with Crippen molar-refractivity contribution in [3.63, 3.8) is 0 Å². The van der Waals surface area contributed by atoms with Crippen LogP contribution < -0.4 is 0 Å².